The summed E-state index contributed by atoms with van der Waals surface area (Å²) in [6.07, 6.45) is -2.75. The first-order valence-corrected chi connectivity index (χ1v) is 10.1. The number of fused-ring (bicyclic) bond motifs is 1. The highest BCUT2D eigenvalue weighted by atomic mass is 127. The minimum Gasteiger partial charge on any atom is -0.489 e. The first-order chi connectivity index (χ1) is 13.8. The summed E-state index contributed by atoms with van der Waals surface area (Å²) >= 11 is 6.32. The van der Waals surface area contributed by atoms with Crippen LogP contribution in [-0.4, -0.2) is 62.5 Å². The molecule has 30 heavy (non-hydrogen) atoms. The van der Waals surface area contributed by atoms with E-state index < -0.39 is 12.7 Å². The van der Waals surface area contributed by atoms with E-state index in [1.165, 1.54) is 4.90 Å². The molecule has 0 amide bonds. The lowest BCUT2D eigenvalue weighted by molar-refractivity contribution is -0.143. The fraction of sp³-hybridized carbons (Fsp3) is 0.632. The van der Waals surface area contributed by atoms with Crippen molar-refractivity contribution in [3.8, 4) is 11.5 Å². The molecule has 1 aromatic carbocycles. The molecule has 1 aromatic rings. The second-order valence-corrected chi connectivity index (χ2v) is 7.54. The fourth-order valence-electron chi connectivity index (χ4n) is 3.41. The lowest BCUT2D eigenvalue weighted by Gasteiger charge is -2.20. The molecule has 170 valence electrons. The Hall–Kier alpha value is -1.14. The zero-order valence-electron chi connectivity index (χ0n) is 16.7. The standard InChI is InChI=1S/C19H26ClF3N4O2.HI/c1-2-24-18(26-14-4-5-27(11-14)12-19(21,22)23)25-10-13-8-15(20)17-16(9-13)28-6-3-7-29-17;/h8-9,14H,2-7,10-12H2,1H3,(H2,24,25,26);1H. The van der Waals surface area contributed by atoms with E-state index in [0.717, 1.165) is 12.0 Å². The van der Waals surface area contributed by atoms with E-state index >= 15 is 0 Å². The van der Waals surface area contributed by atoms with Crippen LogP contribution in [0.1, 0.15) is 25.3 Å². The molecule has 0 radical (unpaired) electrons. The maximum absolute atomic E-state index is 12.6. The van der Waals surface area contributed by atoms with Gasteiger partial charge in [0.05, 0.1) is 31.3 Å². The fourth-order valence-corrected chi connectivity index (χ4v) is 3.69. The Morgan fingerprint density at radius 1 is 1.30 bits per heavy atom. The Morgan fingerprint density at radius 3 is 2.80 bits per heavy atom. The van der Waals surface area contributed by atoms with E-state index in [0.29, 0.717) is 68.3 Å². The van der Waals surface area contributed by atoms with Gasteiger partial charge in [0.15, 0.2) is 17.5 Å². The number of ether oxygens (including phenoxy) is 2. The Kier molecular flexibility index (Phi) is 9.61. The smallest absolute Gasteiger partial charge is 0.401 e. The Morgan fingerprint density at radius 2 is 2.07 bits per heavy atom. The first kappa shape index (κ1) is 25.1. The van der Waals surface area contributed by atoms with Crippen molar-refractivity contribution in [1.29, 1.82) is 0 Å². The zero-order chi connectivity index (χ0) is 20.9. The van der Waals surface area contributed by atoms with Crippen molar-refractivity contribution in [2.75, 3.05) is 39.4 Å². The topological polar surface area (TPSA) is 58.1 Å². The van der Waals surface area contributed by atoms with E-state index in [1.807, 2.05) is 13.0 Å². The summed E-state index contributed by atoms with van der Waals surface area (Å²) in [4.78, 5) is 5.97. The molecule has 2 aliphatic rings. The van der Waals surface area contributed by atoms with Gasteiger partial charge in [-0.15, -0.1) is 24.0 Å². The third-order valence-electron chi connectivity index (χ3n) is 4.64. The van der Waals surface area contributed by atoms with Crippen LogP contribution in [0, 0.1) is 0 Å². The first-order valence-electron chi connectivity index (χ1n) is 9.76. The van der Waals surface area contributed by atoms with Crippen molar-refractivity contribution in [2.45, 2.75) is 38.5 Å². The van der Waals surface area contributed by atoms with Gasteiger partial charge in [-0.05, 0) is 31.0 Å². The van der Waals surface area contributed by atoms with Crippen LogP contribution in [0.2, 0.25) is 5.02 Å². The van der Waals surface area contributed by atoms with Crippen LogP contribution in [0.3, 0.4) is 0 Å². The van der Waals surface area contributed by atoms with E-state index in [2.05, 4.69) is 15.6 Å². The number of halogens is 5. The van der Waals surface area contributed by atoms with E-state index in [-0.39, 0.29) is 30.0 Å². The lowest BCUT2D eigenvalue weighted by Crippen LogP contribution is -2.45. The third-order valence-corrected chi connectivity index (χ3v) is 4.92. The minimum atomic E-state index is -4.18. The summed E-state index contributed by atoms with van der Waals surface area (Å²) < 4.78 is 49.1. The molecule has 1 fully saturated rings. The molecular weight excluding hydrogens is 536 g/mol. The van der Waals surface area contributed by atoms with Gasteiger partial charge in [0.2, 0.25) is 0 Å². The van der Waals surface area contributed by atoms with Gasteiger partial charge in [-0.25, -0.2) is 4.99 Å². The monoisotopic (exact) mass is 562 g/mol. The molecule has 3 rings (SSSR count). The van der Waals surface area contributed by atoms with Crippen molar-refractivity contribution in [3.63, 3.8) is 0 Å². The number of nitrogens with one attached hydrogen (secondary N) is 2. The number of rotatable bonds is 5. The van der Waals surface area contributed by atoms with E-state index in [1.54, 1.807) is 6.07 Å². The summed E-state index contributed by atoms with van der Waals surface area (Å²) in [5.74, 6) is 1.73. The van der Waals surface area contributed by atoms with Crippen LogP contribution in [0.4, 0.5) is 13.2 Å². The van der Waals surface area contributed by atoms with Crippen molar-refractivity contribution in [2.24, 2.45) is 4.99 Å². The molecule has 0 aliphatic carbocycles. The van der Waals surface area contributed by atoms with Crippen molar-refractivity contribution < 1.29 is 22.6 Å². The molecule has 2 heterocycles. The second-order valence-electron chi connectivity index (χ2n) is 7.13. The number of guanidine groups is 1. The molecule has 0 bridgehead atoms. The number of aliphatic imine (C=N–C) groups is 1. The van der Waals surface area contributed by atoms with Gasteiger partial charge in [-0.1, -0.05) is 11.6 Å². The average molecular weight is 563 g/mol. The molecule has 0 saturated carbocycles. The predicted molar refractivity (Wildman–Crippen MR) is 121 cm³/mol. The molecule has 6 nitrogen and oxygen atoms in total. The van der Waals surface area contributed by atoms with Gasteiger partial charge < -0.3 is 20.1 Å². The number of benzene rings is 1. The average Bonchev–Trinajstić information content (AvgIpc) is 2.91. The molecule has 1 atom stereocenters. The van der Waals surface area contributed by atoms with Gasteiger partial charge in [0.25, 0.3) is 0 Å². The predicted octanol–water partition coefficient (Wildman–Crippen LogP) is 3.81. The Bertz CT molecular complexity index is 736. The molecule has 1 saturated heterocycles. The highest BCUT2D eigenvalue weighted by Gasteiger charge is 2.34. The van der Waals surface area contributed by atoms with Gasteiger partial charge >= 0.3 is 6.18 Å². The number of likely N-dealkylation sites (tertiary alicyclic amines) is 1. The summed E-state index contributed by atoms with van der Waals surface area (Å²) in [7, 11) is 0. The summed E-state index contributed by atoms with van der Waals surface area (Å²) in [6, 6.07) is 3.57. The second kappa shape index (κ2) is 11.5. The maximum atomic E-state index is 12.6. The van der Waals surface area contributed by atoms with E-state index in [9.17, 15) is 13.2 Å². The molecule has 2 N–H and O–H groups in total. The van der Waals surface area contributed by atoms with Crippen LogP contribution in [0.15, 0.2) is 17.1 Å². The van der Waals surface area contributed by atoms with Gasteiger partial charge in [-0.3, -0.25) is 4.90 Å². The molecule has 0 aromatic heterocycles. The van der Waals surface area contributed by atoms with Crippen LogP contribution in [-0.2, 0) is 6.54 Å². The molecule has 0 spiro atoms. The zero-order valence-corrected chi connectivity index (χ0v) is 19.8. The van der Waals surface area contributed by atoms with Crippen molar-refractivity contribution >= 4 is 41.5 Å². The van der Waals surface area contributed by atoms with Crippen LogP contribution < -0.4 is 20.1 Å². The maximum Gasteiger partial charge on any atom is 0.401 e. The number of hydrogen-bond acceptors (Lipinski definition) is 4. The Balaban J connectivity index is 0.00000320. The highest BCUT2D eigenvalue weighted by Crippen LogP contribution is 2.38. The molecule has 1 unspecified atom stereocenters. The van der Waals surface area contributed by atoms with Crippen LogP contribution in [0.5, 0.6) is 11.5 Å². The van der Waals surface area contributed by atoms with Crippen LogP contribution in [0.25, 0.3) is 0 Å². The minimum absolute atomic E-state index is 0. The summed E-state index contributed by atoms with van der Waals surface area (Å²) in [5.41, 5.74) is 0.863. The highest BCUT2D eigenvalue weighted by molar-refractivity contribution is 14.0. The van der Waals surface area contributed by atoms with Gasteiger partial charge in [0, 0.05) is 32.1 Å². The largest absolute Gasteiger partial charge is 0.489 e. The normalized spacial score (nSPS) is 19.8. The quantitative estimate of drug-likeness (QED) is 0.325. The lowest BCUT2D eigenvalue weighted by atomic mass is 10.2. The van der Waals surface area contributed by atoms with Crippen molar-refractivity contribution in [1.82, 2.24) is 15.5 Å². The van der Waals surface area contributed by atoms with Crippen molar-refractivity contribution in [3.05, 3.63) is 22.7 Å². The third kappa shape index (κ3) is 7.52. The molecular formula is C19H27ClF3IN4O2. The molecule has 2 aliphatic heterocycles. The summed E-state index contributed by atoms with van der Waals surface area (Å²) in [6.45, 7) is 3.92. The number of nitrogens with zero attached hydrogens (tertiary/aromatic N) is 2. The van der Waals surface area contributed by atoms with Gasteiger partial charge in [-0.2, -0.15) is 13.2 Å². The van der Waals surface area contributed by atoms with Gasteiger partial charge in [0.1, 0.15) is 0 Å². The number of hydrogen-bond donors (Lipinski definition) is 2. The summed E-state index contributed by atoms with van der Waals surface area (Å²) in [5, 5.41) is 6.85. The van der Waals surface area contributed by atoms with E-state index in [4.69, 9.17) is 21.1 Å². The number of alkyl halides is 3. The molecule has 11 heteroatoms. The SMILES string of the molecule is CCNC(=NCc1cc(Cl)c2c(c1)OCCCO2)NC1CCN(CC(F)(F)F)C1.I. The van der Waals surface area contributed by atoms with Crippen LogP contribution >= 0.6 is 35.6 Å². The Labute approximate surface area is 196 Å².